The molecule has 2 heterocycles. The minimum absolute atomic E-state index is 0.0138. The lowest BCUT2D eigenvalue weighted by atomic mass is 10.2. The van der Waals surface area contributed by atoms with Crippen LogP contribution < -0.4 is 0 Å². The van der Waals surface area contributed by atoms with Crippen LogP contribution in [0.3, 0.4) is 0 Å². The number of para-hydroxylation sites is 1. The molecule has 0 bridgehead atoms. The molecule has 0 aliphatic rings. The molecule has 0 N–H and O–H groups in total. The molecular weight excluding hydrogens is 400 g/mol. The number of halogens is 1. The van der Waals surface area contributed by atoms with Crippen molar-refractivity contribution in [1.82, 2.24) is 19.7 Å². The molecule has 6 nitrogen and oxygen atoms in total. The van der Waals surface area contributed by atoms with Gasteiger partial charge in [0.25, 0.3) is 0 Å². The topological polar surface area (TPSA) is 64.2 Å². The molecule has 0 saturated heterocycles. The lowest BCUT2D eigenvalue weighted by Crippen LogP contribution is -2.26. The van der Waals surface area contributed by atoms with Crippen molar-refractivity contribution in [3.63, 3.8) is 0 Å². The molecule has 152 valence electrons. The van der Waals surface area contributed by atoms with Crippen molar-refractivity contribution in [2.45, 2.75) is 19.4 Å². The largest absolute Gasteiger partial charge is 0.441 e. The highest BCUT2D eigenvalue weighted by Crippen LogP contribution is 2.28. The molecule has 0 spiro atoms. The molecule has 0 aliphatic heterocycles. The van der Waals surface area contributed by atoms with Gasteiger partial charge in [0.2, 0.25) is 5.91 Å². The van der Waals surface area contributed by atoms with Gasteiger partial charge in [-0.3, -0.25) is 4.79 Å². The maximum Gasteiger partial charge on any atom is 0.223 e. The van der Waals surface area contributed by atoms with Crippen molar-refractivity contribution in [2.24, 2.45) is 0 Å². The number of oxazole rings is 1. The minimum atomic E-state index is 0.0138. The second kappa shape index (κ2) is 8.97. The van der Waals surface area contributed by atoms with E-state index < -0.39 is 0 Å². The Hall–Kier alpha value is -3.38. The summed E-state index contributed by atoms with van der Waals surface area (Å²) in [6.07, 6.45) is 6.09. The first-order chi connectivity index (χ1) is 14.6. The Morgan fingerprint density at radius 3 is 2.67 bits per heavy atom. The molecule has 7 heteroatoms. The van der Waals surface area contributed by atoms with Crippen molar-refractivity contribution in [3.05, 3.63) is 89.7 Å². The van der Waals surface area contributed by atoms with Gasteiger partial charge >= 0.3 is 0 Å². The lowest BCUT2D eigenvalue weighted by Gasteiger charge is -2.15. The third-order valence-electron chi connectivity index (χ3n) is 4.75. The summed E-state index contributed by atoms with van der Waals surface area (Å²) in [4.78, 5) is 18.5. The van der Waals surface area contributed by atoms with Gasteiger partial charge in [0.1, 0.15) is 0 Å². The van der Waals surface area contributed by atoms with Crippen LogP contribution in [-0.2, 0) is 17.8 Å². The van der Waals surface area contributed by atoms with E-state index in [0.29, 0.717) is 36.1 Å². The molecule has 0 atom stereocenters. The second-order valence-corrected chi connectivity index (χ2v) is 7.38. The van der Waals surface area contributed by atoms with Crippen LogP contribution in [0.4, 0.5) is 0 Å². The van der Waals surface area contributed by atoms with Crippen molar-refractivity contribution in [3.8, 4) is 17.0 Å². The zero-order valence-electron chi connectivity index (χ0n) is 16.5. The summed E-state index contributed by atoms with van der Waals surface area (Å²) in [5, 5.41) is 4.98. The fourth-order valence-electron chi connectivity index (χ4n) is 3.14. The van der Waals surface area contributed by atoms with E-state index in [1.54, 1.807) is 35.1 Å². The molecule has 0 aliphatic carbocycles. The number of hydrogen-bond acceptors (Lipinski definition) is 4. The van der Waals surface area contributed by atoms with Crippen molar-refractivity contribution in [1.29, 1.82) is 0 Å². The number of aryl methyl sites for hydroxylation is 1. The average molecular weight is 421 g/mol. The van der Waals surface area contributed by atoms with Crippen molar-refractivity contribution < 1.29 is 9.21 Å². The molecule has 0 saturated carbocycles. The normalized spacial score (nSPS) is 10.9. The number of hydrogen-bond donors (Lipinski definition) is 0. The van der Waals surface area contributed by atoms with E-state index in [1.807, 2.05) is 54.7 Å². The number of amides is 1. The van der Waals surface area contributed by atoms with Crippen LogP contribution in [0.5, 0.6) is 0 Å². The Morgan fingerprint density at radius 1 is 1.10 bits per heavy atom. The van der Waals surface area contributed by atoms with E-state index in [2.05, 4.69) is 10.1 Å². The van der Waals surface area contributed by atoms with Gasteiger partial charge in [0.05, 0.1) is 23.1 Å². The average Bonchev–Trinajstić information content (AvgIpc) is 3.43. The molecule has 0 unspecified atom stereocenters. The highest BCUT2D eigenvalue weighted by Gasteiger charge is 2.14. The van der Waals surface area contributed by atoms with Crippen LogP contribution in [0, 0.1) is 0 Å². The molecule has 1 amide bonds. The molecule has 0 fully saturated rings. The van der Waals surface area contributed by atoms with Crippen LogP contribution in [0.25, 0.3) is 17.0 Å². The molecule has 30 heavy (non-hydrogen) atoms. The first-order valence-electron chi connectivity index (χ1n) is 9.62. The summed E-state index contributed by atoms with van der Waals surface area (Å²) in [5.41, 5.74) is 2.74. The SMILES string of the molecule is CN(Cc1cnn(-c2ccccc2)c1)C(=O)CCc1ncc(-c2ccccc2Cl)o1. The Morgan fingerprint density at radius 2 is 1.87 bits per heavy atom. The van der Waals surface area contributed by atoms with Gasteiger partial charge in [-0.25, -0.2) is 9.67 Å². The van der Waals surface area contributed by atoms with Crippen LogP contribution >= 0.6 is 11.6 Å². The van der Waals surface area contributed by atoms with Gasteiger partial charge in [-0.2, -0.15) is 5.10 Å². The minimum Gasteiger partial charge on any atom is -0.441 e. The highest BCUT2D eigenvalue weighted by atomic mass is 35.5. The van der Waals surface area contributed by atoms with Gasteiger partial charge in [0, 0.05) is 43.8 Å². The van der Waals surface area contributed by atoms with E-state index in [9.17, 15) is 4.79 Å². The smallest absolute Gasteiger partial charge is 0.223 e. The van der Waals surface area contributed by atoms with Gasteiger partial charge in [-0.15, -0.1) is 0 Å². The number of rotatable bonds is 7. The Bertz CT molecular complexity index is 1140. The van der Waals surface area contributed by atoms with Crippen LogP contribution in [0.15, 0.2) is 77.6 Å². The Kier molecular flexibility index (Phi) is 5.95. The number of aromatic nitrogens is 3. The molecule has 4 aromatic rings. The van der Waals surface area contributed by atoms with Gasteiger partial charge in [0.15, 0.2) is 11.7 Å². The van der Waals surface area contributed by atoms with Gasteiger partial charge < -0.3 is 9.32 Å². The van der Waals surface area contributed by atoms with E-state index >= 15 is 0 Å². The molecular formula is C23H21ClN4O2. The zero-order chi connectivity index (χ0) is 20.9. The highest BCUT2D eigenvalue weighted by molar-refractivity contribution is 6.33. The third-order valence-corrected chi connectivity index (χ3v) is 5.08. The van der Waals surface area contributed by atoms with E-state index in [1.165, 1.54) is 0 Å². The molecule has 2 aromatic heterocycles. The third kappa shape index (κ3) is 4.60. The van der Waals surface area contributed by atoms with Crippen molar-refractivity contribution >= 4 is 17.5 Å². The zero-order valence-corrected chi connectivity index (χ0v) is 17.3. The number of carbonyl (C=O) groups excluding carboxylic acids is 1. The molecule has 4 rings (SSSR count). The fourth-order valence-corrected chi connectivity index (χ4v) is 3.37. The lowest BCUT2D eigenvalue weighted by molar-refractivity contribution is -0.130. The predicted octanol–water partition coefficient (Wildman–Crippen LogP) is 4.77. The fraction of sp³-hybridized carbons (Fsp3) is 0.174. The summed E-state index contributed by atoms with van der Waals surface area (Å²) >= 11 is 6.20. The molecule has 0 radical (unpaired) electrons. The van der Waals surface area contributed by atoms with Crippen molar-refractivity contribution in [2.75, 3.05) is 7.05 Å². The second-order valence-electron chi connectivity index (χ2n) is 6.98. The van der Waals surface area contributed by atoms with Gasteiger partial charge in [-0.05, 0) is 24.3 Å². The maximum absolute atomic E-state index is 12.5. The summed E-state index contributed by atoms with van der Waals surface area (Å²) in [7, 11) is 1.78. The standard InChI is InChI=1S/C23H21ClN4O2/c1-27(15-17-13-26-28(16-17)18-7-3-2-4-8-18)23(29)12-11-22-25-14-21(30-22)19-9-5-6-10-20(19)24/h2-10,13-14,16H,11-12,15H2,1H3. The first-order valence-corrected chi connectivity index (χ1v) is 10.0. The Labute approximate surface area is 179 Å². The number of benzene rings is 2. The summed E-state index contributed by atoms with van der Waals surface area (Å²) in [5.74, 6) is 1.13. The van der Waals surface area contributed by atoms with E-state index in [-0.39, 0.29) is 5.91 Å². The maximum atomic E-state index is 12.5. The summed E-state index contributed by atoms with van der Waals surface area (Å²) in [6.45, 7) is 0.488. The monoisotopic (exact) mass is 420 g/mol. The van der Waals surface area contributed by atoms with Crippen LogP contribution in [-0.4, -0.2) is 32.6 Å². The first kappa shape index (κ1) is 19.9. The number of nitrogens with zero attached hydrogens (tertiary/aromatic N) is 4. The summed E-state index contributed by atoms with van der Waals surface area (Å²) < 4.78 is 7.57. The predicted molar refractivity (Wildman–Crippen MR) is 115 cm³/mol. The summed E-state index contributed by atoms with van der Waals surface area (Å²) in [6, 6.07) is 17.3. The Balaban J connectivity index is 1.32. The van der Waals surface area contributed by atoms with Crippen LogP contribution in [0.2, 0.25) is 5.02 Å². The van der Waals surface area contributed by atoms with Gasteiger partial charge in [-0.1, -0.05) is 41.9 Å². The number of carbonyl (C=O) groups is 1. The van der Waals surface area contributed by atoms with Crippen LogP contribution in [0.1, 0.15) is 17.9 Å². The quantitative estimate of drug-likeness (QED) is 0.432. The van der Waals surface area contributed by atoms with E-state index in [4.69, 9.17) is 16.0 Å². The van der Waals surface area contributed by atoms with E-state index in [0.717, 1.165) is 16.8 Å². The molecule has 2 aromatic carbocycles.